The van der Waals surface area contributed by atoms with Crippen molar-refractivity contribution in [3.63, 3.8) is 0 Å². The van der Waals surface area contributed by atoms with Crippen LogP contribution in [-0.2, 0) is 6.54 Å². The van der Waals surface area contributed by atoms with Crippen molar-refractivity contribution >= 4 is 23.3 Å². The number of hydrogen-bond acceptors (Lipinski definition) is 5. The molecule has 3 aromatic rings. The van der Waals surface area contributed by atoms with Crippen LogP contribution in [0, 0.1) is 0 Å². The number of pyridine rings is 1. The van der Waals surface area contributed by atoms with E-state index in [1.54, 1.807) is 41.5 Å². The number of carbonyl (C=O) groups excluding carboxylic acids is 1. The van der Waals surface area contributed by atoms with Crippen molar-refractivity contribution < 1.29 is 9.53 Å². The average Bonchev–Trinajstić information content (AvgIpc) is 3.10. The zero-order chi connectivity index (χ0) is 17.6. The Kier molecular flexibility index (Phi) is 5.10. The number of nitrogens with one attached hydrogen (secondary N) is 2. The number of urea groups is 1. The van der Waals surface area contributed by atoms with Gasteiger partial charge in [0, 0.05) is 17.4 Å². The number of methoxy groups -OCH3 is 1. The predicted octanol–water partition coefficient (Wildman–Crippen LogP) is 2.65. The molecule has 1 aromatic carbocycles. The third-order valence-corrected chi connectivity index (χ3v) is 3.54. The third kappa shape index (κ3) is 4.24. The molecule has 0 saturated carbocycles. The Morgan fingerprint density at radius 2 is 2.08 bits per heavy atom. The summed E-state index contributed by atoms with van der Waals surface area (Å²) in [7, 11) is 1.52. The average molecular weight is 359 g/mol. The molecule has 0 atom stereocenters. The van der Waals surface area contributed by atoms with Gasteiger partial charge in [0.15, 0.2) is 0 Å². The summed E-state index contributed by atoms with van der Waals surface area (Å²) in [4.78, 5) is 16.0. The van der Waals surface area contributed by atoms with Crippen molar-refractivity contribution in [3.05, 3.63) is 59.6 Å². The molecule has 0 fully saturated rings. The van der Waals surface area contributed by atoms with E-state index in [0.717, 1.165) is 5.69 Å². The van der Waals surface area contributed by atoms with Gasteiger partial charge in [-0.2, -0.15) is 0 Å². The fourth-order valence-corrected chi connectivity index (χ4v) is 2.29. The van der Waals surface area contributed by atoms with Gasteiger partial charge in [0.1, 0.15) is 11.4 Å². The molecule has 2 amide bonds. The van der Waals surface area contributed by atoms with Gasteiger partial charge in [0.05, 0.1) is 31.2 Å². The van der Waals surface area contributed by atoms with E-state index in [9.17, 15) is 4.79 Å². The predicted molar refractivity (Wildman–Crippen MR) is 93.0 cm³/mol. The highest BCUT2D eigenvalue weighted by Gasteiger charge is 2.09. The SMILES string of the molecule is COc1ccc(Cl)cc1NC(=O)NCc1cn(-c2ccncc2)nn1. The molecule has 128 valence electrons. The van der Waals surface area contributed by atoms with Crippen molar-refractivity contribution in [1.29, 1.82) is 0 Å². The molecule has 0 saturated heterocycles. The number of rotatable bonds is 5. The van der Waals surface area contributed by atoms with Crippen LogP contribution in [0.4, 0.5) is 10.5 Å². The Morgan fingerprint density at radius 1 is 1.28 bits per heavy atom. The molecule has 2 N–H and O–H groups in total. The normalized spacial score (nSPS) is 10.3. The van der Waals surface area contributed by atoms with E-state index < -0.39 is 6.03 Å². The van der Waals surface area contributed by atoms with Crippen LogP contribution in [0.15, 0.2) is 48.9 Å². The molecular weight excluding hydrogens is 344 g/mol. The second-order valence-corrected chi connectivity index (χ2v) is 5.45. The van der Waals surface area contributed by atoms with Crippen LogP contribution >= 0.6 is 11.6 Å². The molecule has 9 heteroatoms. The zero-order valence-corrected chi connectivity index (χ0v) is 14.1. The third-order valence-electron chi connectivity index (χ3n) is 3.31. The van der Waals surface area contributed by atoms with Gasteiger partial charge >= 0.3 is 6.03 Å². The lowest BCUT2D eigenvalue weighted by Gasteiger charge is -2.10. The van der Waals surface area contributed by atoms with Crippen molar-refractivity contribution in [2.75, 3.05) is 12.4 Å². The summed E-state index contributed by atoms with van der Waals surface area (Å²) in [5, 5.41) is 13.9. The van der Waals surface area contributed by atoms with Gasteiger partial charge in [-0.05, 0) is 30.3 Å². The molecule has 25 heavy (non-hydrogen) atoms. The van der Waals surface area contributed by atoms with E-state index in [4.69, 9.17) is 16.3 Å². The monoisotopic (exact) mass is 358 g/mol. The molecule has 0 aliphatic rings. The van der Waals surface area contributed by atoms with Crippen molar-refractivity contribution in [2.45, 2.75) is 6.54 Å². The van der Waals surface area contributed by atoms with Crippen LogP contribution in [0.5, 0.6) is 5.75 Å². The van der Waals surface area contributed by atoms with Crippen molar-refractivity contribution in [1.82, 2.24) is 25.3 Å². The lowest BCUT2D eigenvalue weighted by Crippen LogP contribution is -2.28. The number of nitrogens with zero attached hydrogens (tertiary/aromatic N) is 4. The number of carbonyl (C=O) groups is 1. The summed E-state index contributed by atoms with van der Waals surface area (Å²) in [5.41, 5.74) is 1.93. The number of anilines is 1. The number of amides is 2. The van der Waals surface area contributed by atoms with Crippen LogP contribution in [0.3, 0.4) is 0 Å². The van der Waals surface area contributed by atoms with Gasteiger partial charge < -0.3 is 15.4 Å². The zero-order valence-electron chi connectivity index (χ0n) is 13.3. The van der Waals surface area contributed by atoms with Gasteiger partial charge in [-0.1, -0.05) is 16.8 Å². The van der Waals surface area contributed by atoms with Gasteiger partial charge in [0.2, 0.25) is 0 Å². The number of ether oxygens (including phenoxy) is 1. The molecule has 0 radical (unpaired) electrons. The Morgan fingerprint density at radius 3 is 2.84 bits per heavy atom. The molecule has 2 aromatic heterocycles. The Labute approximate surface area is 148 Å². The van der Waals surface area contributed by atoms with Gasteiger partial charge in [-0.25, -0.2) is 9.48 Å². The summed E-state index contributed by atoms with van der Waals surface area (Å²) in [5.74, 6) is 0.517. The fraction of sp³-hybridized carbons (Fsp3) is 0.125. The lowest BCUT2D eigenvalue weighted by molar-refractivity contribution is 0.251. The molecule has 3 rings (SSSR count). The molecular formula is C16H15ClN6O2. The van der Waals surface area contributed by atoms with E-state index in [1.165, 1.54) is 7.11 Å². The molecule has 0 spiro atoms. The largest absolute Gasteiger partial charge is 0.495 e. The highest BCUT2D eigenvalue weighted by atomic mass is 35.5. The van der Waals surface area contributed by atoms with E-state index >= 15 is 0 Å². The van der Waals surface area contributed by atoms with Crippen molar-refractivity contribution in [2.24, 2.45) is 0 Å². The smallest absolute Gasteiger partial charge is 0.319 e. The number of aromatic nitrogens is 4. The van der Waals surface area contributed by atoms with Crippen LogP contribution in [-0.4, -0.2) is 33.1 Å². The van der Waals surface area contributed by atoms with E-state index in [2.05, 4.69) is 25.9 Å². The molecule has 2 heterocycles. The molecule has 0 aliphatic heterocycles. The Hall–Kier alpha value is -3.13. The lowest BCUT2D eigenvalue weighted by atomic mass is 10.3. The highest BCUT2D eigenvalue weighted by molar-refractivity contribution is 6.31. The van der Waals surface area contributed by atoms with Gasteiger partial charge in [-0.15, -0.1) is 5.10 Å². The number of halogens is 1. The minimum atomic E-state index is -0.404. The standard InChI is InChI=1S/C16H15ClN6O2/c1-25-15-3-2-11(17)8-14(15)20-16(24)19-9-12-10-23(22-21-12)13-4-6-18-7-5-13/h2-8,10H,9H2,1H3,(H2,19,20,24). The quantitative estimate of drug-likeness (QED) is 0.731. The Balaban J connectivity index is 1.60. The summed E-state index contributed by atoms with van der Waals surface area (Å²) >= 11 is 5.94. The summed E-state index contributed by atoms with van der Waals surface area (Å²) < 4.78 is 6.79. The molecule has 0 bridgehead atoms. The second kappa shape index (κ2) is 7.63. The van der Waals surface area contributed by atoms with Gasteiger partial charge in [-0.3, -0.25) is 4.98 Å². The fourth-order valence-electron chi connectivity index (χ4n) is 2.12. The minimum absolute atomic E-state index is 0.222. The topological polar surface area (TPSA) is 94.0 Å². The number of hydrogen-bond donors (Lipinski definition) is 2. The van der Waals surface area contributed by atoms with E-state index in [1.807, 2.05) is 12.1 Å². The molecule has 0 unspecified atom stereocenters. The van der Waals surface area contributed by atoms with Gasteiger partial charge in [0.25, 0.3) is 0 Å². The maximum absolute atomic E-state index is 12.1. The van der Waals surface area contributed by atoms with Crippen LogP contribution in [0.25, 0.3) is 5.69 Å². The maximum atomic E-state index is 12.1. The van der Waals surface area contributed by atoms with E-state index in [-0.39, 0.29) is 6.54 Å². The first-order chi connectivity index (χ1) is 12.2. The molecule has 0 aliphatic carbocycles. The van der Waals surface area contributed by atoms with Crippen LogP contribution in [0.2, 0.25) is 5.02 Å². The minimum Gasteiger partial charge on any atom is -0.495 e. The first kappa shape index (κ1) is 16.7. The summed E-state index contributed by atoms with van der Waals surface area (Å²) in [6, 6.07) is 8.19. The van der Waals surface area contributed by atoms with Crippen molar-refractivity contribution in [3.8, 4) is 11.4 Å². The number of benzene rings is 1. The van der Waals surface area contributed by atoms with Crippen LogP contribution < -0.4 is 15.4 Å². The summed E-state index contributed by atoms with van der Waals surface area (Å²) in [6.07, 6.45) is 5.07. The second-order valence-electron chi connectivity index (χ2n) is 5.01. The molecule has 8 nitrogen and oxygen atoms in total. The van der Waals surface area contributed by atoms with Crippen LogP contribution in [0.1, 0.15) is 5.69 Å². The Bertz CT molecular complexity index is 868. The highest BCUT2D eigenvalue weighted by Crippen LogP contribution is 2.27. The maximum Gasteiger partial charge on any atom is 0.319 e. The summed E-state index contributed by atoms with van der Waals surface area (Å²) in [6.45, 7) is 0.222. The van der Waals surface area contributed by atoms with E-state index in [0.29, 0.717) is 22.2 Å². The first-order valence-corrected chi connectivity index (χ1v) is 7.73. The first-order valence-electron chi connectivity index (χ1n) is 7.36.